The van der Waals surface area contributed by atoms with Crippen LogP contribution in [-0.2, 0) is 13.1 Å². The Morgan fingerprint density at radius 1 is 1.11 bits per heavy atom. The number of imidazole rings is 1. The van der Waals surface area contributed by atoms with Gasteiger partial charge in [-0.2, -0.15) is 0 Å². The second kappa shape index (κ2) is 7.74. The molecule has 5 heteroatoms. The maximum absolute atomic E-state index is 13.1. The lowest BCUT2D eigenvalue weighted by atomic mass is 10.00. The molecule has 3 rings (SSSR count). The van der Waals surface area contributed by atoms with Crippen molar-refractivity contribution in [1.29, 1.82) is 0 Å². The second-order valence-electron chi connectivity index (χ2n) is 7.02. The number of aryl methyl sites for hydroxylation is 3. The Labute approximate surface area is 159 Å². The Hall–Kier alpha value is -2.95. The van der Waals surface area contributed by atoms with Crippen LogP contribution in [0.15, 0.2) is 48.8 Å². The van der Waals surface area contributed by atoms with Gasteiger partial charge in [0.05, 0.1) is 6.54 Å². The predicted molar refractivity (Wildman–Crippen MR) is 104 cm³/mol. The first kappa shape index (κ1) is 18.8. The van der Waals surface area contributed by atoms with E-state index in [9.17, 15) is 9.18 Å². The minimum Gasteiger partial charge on any atom is -0.334 e. The van der Waals surface area contributed by atoms with Gasteiger partial charge in [0.1, 0.15) is 11.6 Å². The Morgan fingerprint density at radius 3 is 2.37 bits per heavy atom. The van der Waals surface area contributed by atoms with Gasteiger partial charge in [-0.3, -0.25) is 4.79 Å². The molecule has 0 aliphatic carbocycles. The van der Waals surface area contributed by atoms with Crippen LogP contribution in [0.3, 0.4) is 0 Å². The van der Waals surface area contributed by atoms with Gasteiger partial charge < -0.3 is 9.47 Å². The third-order valence-electron chi connectivity index (χ3n) is 4.79. The van der Waals surface area contributed by atoms with Gasteiger partial charge in [0.15, 0.2) is 0 Å². The largest absolute Gasteiger partial charge is 0.334 e. The van der Waals surface area contributed by atoms with Crippen molar-refractivity contribution in [1.82, 2.24) is 14.5 Å². The lowest BCUT2D eigenvalue weighted by Gasteiger charge is -2.19. The van der Waals surface area contributed by atoms with Gasteiger partial charge in [-0.05, 0) is 61.7 Å². The average Bonchev–Trinajstić information content (AvgIpc) is 3.05. The van der Waals surface area contributed by atoms with Crippen LogP contribution in [0, 0.1) is 26.6 Å². The first-order chi connectivity index (χ1) is 12.8. The summed E-state index contributed by atoms with van der Waals surface area (Å²) in [6, 6.07) is 9.96. The number of carbonyl (C=O) groups is 1. The molecule has 27 heavy (non-hydrogen) atoms. The fourth-order valence-corrected chi connectivity index (χ4v) is 3.36. The lowest BCUT2D eigenvalue weighted by molar-refractivity contribution is 0.0780. The van der Waals surface area contributed by atoms with E-state index in [1.807, 2.05) is 6.20 Å². The van der Waals surface area contributed by atoms with E-state index in [4.69, 9.17) is 0 Å². The Morgan fingerprint density at radius 2 is 1.74 bits per heavy atom. The fourth-order valence-electron chi connectivity index (χ4n) is 3.36. The number of benzene rings is 2. The Bertz CT molecular complexity index is 937. The minimum absolute atomic E-state index is 0.160. The number of rotatable bonds is 5. The highest BCUT2D eigenvalue weighted by molar-refractivity contribution is 5.93. The van der Waals surface area contributed by atoms with Crippen molar-refractivity contribution in [2.24, 2.45) is 0 Å². The molecule has 2 aromatic carbocycles. The highest BCUT2D eigenvalue weighted by atomic mass is 19.1. The van der Waals surface area contributed by atoms with E-state index in [-0.39, 0.29) is 11.7 Å². The molecular weight excluding hydrogens is 341 g/mol. The summed E-state index contributed by atoms with van der Waals surface area (Å²) in [5, 5.41) is 0. The predicted octanol–water partition coefficient (Wildman–Crippen LogP) is 4.27. The van der Waals surface area contributed by atoms with Crippen LogP contribution in [0.4, 0.5) is 4.39 Å². The quantitative estimate of drug-likeness (QED) is 0.677. The molecular formula is C22H24FN3O. The fraction of sp³-hybridized carbons (Fsp3) is 0.273. The zero-order chi connectivity index (χ0) is 19.6. The molecule has 0 bridgehead atoms. The SMILES string of the molecule is Cc1cc(C)c(Cn2ccnc2CN(C)C(=O)c2ccc(F)cc2)c(C)c1. The average molecular weight is 365 g/mol. The number of hydrogen-bond acceptors (Lipinski definition) is 2. The first-order valence-corrected chi connectivity index (χ1v) is 8.93. The van der Waals surface area contributed by atoms with E-state index in [0.29, 0.717) is 18.7 Å². The van der Waals surface area contributed by atoms with Crippen LogP contribution in [-0.4, -0.2) is 27.4 Å². The van der Waals surface area contributed by atoms with Crippen molar-refractivity contribution < 1.29 is 9.18 Å². The van der Waals surface area contributed by atoms with Gasteiger partial charge in [-0.1, -0.05) is 17.7 Å². The summed E-state index contributed by atoms with van der Waals surface area (Å²) in [6.07, 6.45) is 3.69. The number of amides is 1. The van der Waals surface area contributed by atoms with Gasteiger partial charge in [0.2, 0.25) is 0 Å². The summed E-state index contributed by atoms with van der Waals surface area (Å²) in [7, 11) is 1.73. The van der Waals surface area contributed by atoms with Gasteiger partial charge in [-0.25, -0.2) is 9.37 Å². The standard InChI is InChI=1S/C22H24FN3O/c1-15-11-16(2)20(17(3)12-15)13-26-10-9-24-21(26)14-25(4)22(27)18-5-7-19(23)8-6-18/h5-12H,13-14H2,1-4H3. The molecule has 0 aliphatic rings. The number of aromatic nitrogens is 2. The Kier molecular flexibility index (Phi) is 5.40. The van der Waals surface area contributed by atoms with Crippen molar-refractivity contribution in [3.8, 4) is 0 Å². The van der Waals surface area contributed by atoms with Crippen LogP contribution in [0.5, 0.6) is 0 Å². The smallest absolute Gasteiger partial charge is 0.254 e. The number of halogens is 1. The van der Waals surface area contributed by atoms with E-state index in [1.54, 1.807) is 18.1 Å². The van der Waals surface area contributed by atoms with Gasteiger partial charge in [0, 0.05) is 31.5 Å². The lowest BCUT2D eigenvalue weighted by Crippen LogP contribution is -2.28. The molecule has 4 nitrogen and oxygen atoms in total. The van der Waals surface area contributed by atoms with Crippen molar-refractivity contribution in [2.45, 2.75) is 33.9 Å². The summed E-state index contributed by atoms with van der Waals surface area (Å²) in [5.74, 6) is 0.299. The van der Waals surface area contributed by atoms with Crippen molar-refractivity contribution in [3.63, 3.8) is 0 Å². The maximum atomic E-state index is 13.1. The summed E-state index contributed by atoms with van der Waals surface area (Å²) >= 11 is 0. The third kappa shape index (κ3) is 4.25. The van der Waals surface area contributed by atoms with Crippen LogP contribution in [0.2, 0.25) is 0 Å². The molecule has 0 spiro atoms. The molecule has 1 amide bonds. The zero-order valence-corrected chi connectivity index (χ0v) is 16.2. The minimum atomic E-state index is -0.353. The Balaban J connectivity index is 1.77. The van der Waals surface area contributed by atoms with Crippen molar-refractivity contribution >= 4 is 5.91 Å². The van der Waals surface area contributed by atoms with Gasteiger partial charge in [-0.15, -0.1) is 0 Å². The molecule has 0 aliphatic heterocycles. The van der Waals surface area contributed by atoms with Crippen LogP contribution >= 0.6 is 0 Å². The maximum Gasteiger partial charge on any atom is 0.254 e. The molecule has 140 valence electrons. The second-order valence-corrected chi connectivity index (χ2v) is 7.02. The van der Waals surface area contributed by atoms with Gasteiger partial charge >= 0.3 is 0 Å². The van der Waals surface area contributed by atoms with Crippen molar-refractivity contribution in [3.05, 3.63) is 88.3 Å². The van der Waals surface area contributed by atoms with E-state index >= 15 is 0 Å². The van der Waals surface area contributed by atoms with Crippen LogP contribution < -0.4 is 0 Å². The monoisotopic (exact) mass is 365 g/mol. The van der Waals surface area contributed by atoms with Crippen LogP contribution in [0.25, 0.3) is 0 Å². The molecule has 0 atom stereocenters. The molecule has 0 fully saturated rings. The van der Waals surface area contributed by atoms with Gasteiger partial charge in [0.25, 0.3) is 5.91 Å². The molecule has 0 radical (unpaired) electrons. The molecule has 0 unspecified atom stereocenters. The molecule has 0 saturated heterocycles. The molecule has 0 saturated carbocycles. The summed E-state index contributed by atoms with van der Waals surface area (Å²) < 4.78 is 15.1. The number of carbonyl (C=O) groups excluding carboxylic acids is 1. The van der Waals surface area contributed by atoms with E-state index in [2.05, 4.69) is 42.5 Å². The molecule has 3 aromatic rings. The van der Waals surface area contributed by atoms with Crippen LogP contribution in [0.1, 0.15) is 38.4 Å². The van der Waals surface area contributed by atoms with E-state index in [0.717, 1.165) is 5.82 Å². The van der Waals surface area contributed by atoms with Crippen molar-refractivity contribution in [2.75, 3.05) is 7.05 Å². The normalized spacial score (nSPS) is 10.9. The molecule has 1 heterocycles. The van der Waals surface area contributed by atoms with E-state index in [1.165, 1.54) is 46.5 Å². The molecule has 1 aromatic heterocycles. The topological polar surface area (TPSA) is 38.1 Å². The first-order valence-electron chi connectivity index (χ1n) is 8.93. The summed E-state index contributed by atoms with van der Waals surface area (Å²) in [6.45, 7) is 7.44. The van der Waals surface area contributed by atoms with E-state index < -0.39 is 0 Å². The summed E-state index contributed by atoms with van der Waals surface area (Å²) in [5.41, 5.74) is 5.49. The zero-order valence-electron chi connectivity index (χ0n) is 16.2. The number of hydrogen-bond donors (Lipinski definition) is 0. The molecule has 0 N–H and O–H groups in total. The number of nitrogens with zero attached hydrogens (tertiary/aromatic N) is 3. The highest BCUT2D eigenvalue weighted by Crippen LogP contribution is 2.19. The third-order valence-corrected chi connectivity index (χ3v) is 4.79. The highest BCUT2D eigenvalue weighted by Gasteiger charge is 2.15. The summed E-state index contributed by atoms with van der Waals surface area (Å²) in [4.78, 5) is 18.6.